The van der Waals surface area contributed by atoms with Crippen molar-refractivity contribution in [3.63, 3.8) is 0 Å². The summed E-state index contributed by atoms with van der Waals surface area (Å²) >= 11 is 0. The molecule has 3 N–H and O–H groups in total. The molecule has 3 aromatic rings. The lowest BCUT2D eigenvalue weighted by Gasteiger charge is -2.00. The Hall–Kier alpha value is -2.59. The van der Waals surface area contributed by atoms with E-state index in [2.05, 4.69) is 4.98 Å². The largest absolute Gasteiger partial charge is 0.354 e. The molecule has 1 amide bonds. The average Bonchev–Trinajstić information content (AvgIpc) is 2.91. The number of hydroxylamine groups is 1. The van der Waals surface area contributed by atoms with Gasteiger partial charge in [0, 0.05) is 11.1 Å². The number of carbonyl (C=O) groups is 1. The number of hydrogen-bond acceptors (Lipinski definition) is 2. The van der Waals surface area contributed by atoms with Gasteiger partial charge in [-0.25, -0.2) is 5.48 Å². The van der Waals surface area contributed by atoms with E-state index in [0.29, 0.717) is 5.56 Å². The van der Waals surface area contributed by atoms with Gasteiger partial charge in [-0.15, -0.1) is 0 Å². The van der Waals surface area contributed by atoms with Gasteiger partial charge in [0.15, 0.2) is 0 Å². The Morgan fingerprint density at radius 3 is 2.60 bits per heavy atom. The van der Waals surface area contributed by atoms with Crippen LogP contribution in [0.15, 0.2) is 48.5 Å². The van der Waals surface area contributed by atoms with Crippen molar-refractivity contribution < 1.29 is 10.0 Å². The van der Waals surface area contributed by atoms with E-state index in [9.17, 15) is 4.79 Å². The number of aryl methyl sites for hydroxylation is 1. The number of hydrogen-bond donors (Lipinski definition) is 3. The second kappa shape index (κ2) is 4.83. The third-order valence-corrected chi connectivity index (χ3v) is 3.36. The summed E-state index contributed by atoms with van der Waals surface area (Å²) in [6, 6.07) is 15.5. The Kier molecular flexibility index (Phi) is 3.00. The molecule has 4 nitrogen and oxygen atoms in total. The summed E-state index contributed by atoms with van der Waals surface area (Å²) in [5.74, 6) is -0.520. The van der Waals surface area contributed by atoms with Crippen LogP contribution in [0, 0.1) is 6.92 Å². The zero-order chi connectivity index (χ0) is 14.1. The lowest BCUT2D eigenvalue weighted by Crippen LogP contribution is -2.18. The van der Waals surface area contributed by atoms with Crippen LogP contribution in [0.2, 0.25) is 0 Å². The summed E-state index contributed by atoms with van der Waals surface area (Å²) in [5.41, 5.74) is 6.01. The van der Waals surface area contributed by atoms with E-state index in [0.717, 1.165) is 22.2 Å². The van der Waals surface area contributed by atoms with Crippen LogP contribution in [-0.2, 0) is 0 Å². The number of amides is 1. The number of nitrogens with one attached hydrogen (secondary N) is 2. The molecule has 2 aromatic carbocycles. The highest BCUT2D eigenvalue weighted by Gasteiger charge is 2.12. The molecule has 0 bridgehead atoms. The van der Waals surface area contributed by atoms with Crippen molar-refractivity contribution in [3.05, 3.63) is 59.7 Å². The fourth-order valence-electron chi connectivity index (χ4n) is 2.29. The van der Waals surface area contributed by atoms with Crippen LogP contribution in [0.25, 0.3) is 22.2 Å². The molecule has 0 spiro atoms. The summed E-state index contributed by atoms with van der Waals surface area (Å²) in [6.45, 7) is 2.04. The highest BCUT2D eigenvalue weighted by atomic mass is 16.5. The first-order valence-electron chi connectivity index (χ1n) is 6.32. The smallest absolute Gasteiger partial charge is 0.276 e. The number of benzene rings is 2. The van der Waals surface area contributed by atoms with Gasteiger partial charge in [-0.05, 0) is 24.6 Å². The number of rotatable bonds is 2. The van der Waals surface area contributed by atoms with Gasteiger partial charge in [-0.3, -0.25) is 10.0 Å². The molecule has 100 valence electrons. The summed E-state index contributed by atoms with van der Waals surface area (Å²) in [4.78, 5) is 14.9. The van der Waals surface area contributed by atoms with Gasteiger partial charge >= 0.3 is 0 Å². The van der Waals surface area contributed by atoms with Crippen molar-refractivity contribution in [1.82, 2.24) is 10.5 Å². The Morgan fingerprint density at radius 2 is 1.90 bits per heavy atom. The van der Waals surface area contributed by atoms with Crippen LogP contribution in [0.4, 0.5) is 0 Å². The van der Waals surface area contributed by atoms with Gasteiger partial charge < -0.3 is 4.98 Å². The van der Waals surface area contributed by atoms with E-state index >= 15 is 0 Å². The molecular formula is C16H14N2O2. The van der Waals surface area contributed by atoms with E-state index in [1.165, 1.54) is 5.56 Å². The molecule has 0 atom stereocenters. The standard InChI is InChI=1S/C16H14N2O2/c1-10-5-7-11(8-6-10)14-9-12-3-2-4-13(15(12)17-14)16(19)18-20/h2-9,17,20H,1H3,(H,18,19). The maximum absolute atomic E-state index is 11.6. The van der Waals surface area contributed by atoms with Crippen molar-refractivity contribution >= 4 is 16.8 Å². The van der Waals surface area contributed by atoms with Crippen molar-refractivity contribution in [2.24, 2.45) is 0 Å². The third-order valence-electron chi connectivity index (χ3n) is 3.36. The Morgan fingerprint density at radius 1 is 1.15 bits per heavy atom. The molecule has 0 aliphatic carbocycles. The molecule has 4 heteroatoms. The number of H-pyrrole nitrogens is 1. The fourth-order valence-corrected chi connectivity index (χ4v) is 2.29. The molecule has 0 aliphatic rings. The third kappa shape index (κ3) is 2.06. The van der Waals surface area contributed by atoms with Crippen LogP contribution in [0.1, 0.15) is 15.9 Å². The van der Waals surface area contributed by atoms with Gasteiger partial charge in [0.1, 0.15) is 0 Å². The highest BCUT2D eigenvalue weighted by molar-refractivity contribution is 6.06. The predicted molar refractivity (Wildman–Crippen MR) is 77.7 cm³/mol. The van der Waals surface area contributed by atoms with Gasteiger partial charge in [0.25, 0.3) is 5.91 Å². The Bertz CT molecular complexity index is 773. The maximum Gasteiger partial charge on any atom is 0.276 e. The van der Waals surface area contributed by atoms with Crippen molar-refractivity contribution in [3.8, 4) is 11.3 Å². The zero-order valence-corrected chi connectivity index (χ0v) is 11.0. The highest BCUT2D eigenvalue weighted by Crippen LogP contribution is 2.26. The molecule has 20 heavy (non-hydrogen) atoms. The minimum absolute atomic E-state index is 0.420. The molecule has 0 saturated carbocycles. The minimum atomic E-state index is -0.520. The first-order chi connectivity index (χ1) is 9.69. The molecule has 0 aliphatic heterocycles. The SMILES string of the molecule is Cc1ccc(-c2cc3cccc(C(=O)NO)c3[nH]2)cc1. The summed E-state index contributed by atoms with van der Waals surface area (Å²) in [7, 11) is 0. The van der Waals surface area contributed by atoms with Gasteiger partial charge in [0.2, 0.25) is 0 Å². The van der Waals surface area contributed by atoms with E-state index in [4.69, 9.17) is 5.21 Å². The van der Waals surface area contributed by atoms with E-state index in [1.54, 1.807) is 17.6 Å². The Labute approximate surface area is 116 Å². The van der Waals surface area contributed by atoms with Crippen molar-refractivity contribution in [1.29, 1.82) is 0 Å². The van der Waals surface area contributed by atoms with Gasteiger partial charge in [-0.1, -0.05) is 42.0 Å². The first-order valence-corrected chi connectivity index (χ1v) is 6.32. The van der Waals surface area contributed by atoms with Crippen LogP contribution < -0.4 is 5.48 Å². The normalized spacial score (nSPS) is 10.7. The maximum atomic E-state index is 11.6. The van der Waals surface area contributed by atoms with Crippen molar-refractivity contribution in [2.45, 2.75) is 6.92 Å². The lowest BCUT2D eigenvalue weighted by molar-refractivity contribution is 0.0708. The van der Waals surface area contributed by atoms with Crippen LogP contribution in [0.3, 0.4) is 0 Å². The molecule has 1 aromatic heterocycles. The van der Waals surface area contributed by atoms with E-state index in [1.807, 2.05) is 43.3 Å². The average molecular weight is 266 g/mol. The molecule has 1 heterocycles. The van der Waals surface area contributed by atoms with Crippen molar-refractivity contribution in [2.75, 3.05) is 0 Å². The topological polar surface area (TPSA) is 65.1 Å². The van der Waals surface area contributed by atoms with E-state index in [-0.39, 0.29) is 0 Å². The summed E-state index contributed by atoms with van der Waals surface area (Å²) in [6.07, 6.45) is 0. The second-order valence-corrected chi connectivity index (χ2v) is 4.76. The number of aromatic amines is 1. The van der Waals surface area contributed by atoms with Crippen LogP contribution >= 0.6 is 0 Å². The fraction of sp³-hybridized carbons (Fsp3) is 0.0625. The van der Waals surface area contributed by atoms with Crippen LogP contribution in [0.5, 0.6) is 0 Å². The number of aromatic nitrogens is 1. The number of para-hydroxylation sites is 1. The second-order valence-electron chi connectivity index (χ2n) is 4.76. The molecular weight excluding hydrogens is 252 g/mol. The first kappa shape index (κ1) is 12.4. The quantitative estimate of drug-likeness (QED) is 0.492. The van der Waals surface area contributed by atoms with Gasteiger partial charge in [0.05, 0.1) is 11.1 Å². The molecule has 0 radical (unpaired) electrons. The summed E-state index contributed by atoms with van der Waals surface area (Å²) < 4.78 is 0. The Balaban J connectivity index is 2.15. The molecule has 3 rings (SSSR count). The number of fused-ring (bicyclic) bond motifs is 1. The predicted octanol–water partition coefficient (Wildman–Crippen LogP) is 3.26. The molecule has 0 saturated heterocycles. The molecule has 0 fully saturated rings. The lowest BCUT2D eigenvalue weighted by atomic mass is 10.1. The zero-order valence-electron chi connectivity index (χ0n) is 11.0. The molecule has 0 unspecified atom stereocenters. The number of carbonyl (C=O) groups excluding carboxylic acids is 1. The minimum Gasteiger partial charge on any atom is -0.354 e. The monoisotopic (exact) mass is 266 g/mol. The van der Waals surface area contributed by atoms with Crippen LogP contribution in [-0.4, -0.2) is 16.1 Å². The summed E-state index contributed by atoms with van der Waals surface area (Å²) in [5, 5.41) is 9.72. The van der Waals surface area contributed by atoms with E-state index < -0.39 is 5.91 Å². The van der Waals surface area contributed by atoms with Gasteiger partial charge in [-0.2, -0.15) is 0 Å².